The number of para-hydroxylation sites is 1. The van der Waals surface area contributed by atoms with E-state index in [0.717, 1.165) is 5.69 Å². The Morgan fingerprint density at radius 2 is 1.93 bits per heavy atom. The predicted molar refractivity (Wildman–Crippen MR) is 106 cm³/mol. The number of nitrogens with one attached hydrogen (secondary N) is 1. The van der Waals surface area contributed by atoms with E-state index in [9.17, 15) is 4.79 Å². The average molecular weight is 433 g/mol. The number of furan rings is 1. The molecule has 27 heavy (non-hydrogen) atoms. The van der Waals surface area contributed by atoms with E-state index in [4.69, 9.17) is 49.1 Å². The van der Waals surface area contributed by atoms with Gasteiger partial charge >= 0.3 is 5.97 Å². The average Bonchev–Trinajstić information content (AvgIpc) is 3.20. The number of rotatable bonds is 8. The second kappa shape index (κ2) is 9.20. The van der Waals surface area contributed by atoms with Crippen LogP contribution in [0.4, 0.5) is 5.69 Å². The Bertz CT molecular complexity index is 782. The molecule has 146 valence electrons. The molecule has 0 amide bonds. The summed E-state index contributed by atoms with van der Waals surface area (Å²) in [7, 11) is 0. The largest absolute Gasteiger partial charge is 0.475 e. The van der Waals surface area contributed by atoms with Crippen molar-refractivity contribution in [1.82, 2.24) is 0 Å². The molecule has 2 N–H and O–H groups in total. The van der Waals surface area contributed by atoms with Gasteiger partial charge in [0.15, 0.2) is 0 Å². The van der Waals surface area contributed by atoms with Gasteiger partial charge in [0.1, 0.15) is 12.4 Å². The minimum absolute atomic E-state index is 0.0571. The second-order valence-corrected chi connectivity index (χ2v) is 8.07. The molecular formula is C19H20Cl3NO4. The van der Waals surface area contributed by atoms with Crippen molar-refractivity contribution in [2.75, 3.05) is 18.5 Å². The Morgan fingerprint density at radius 3 is 2.63 bits per heavy atom. The van der Waals surface area contributed by atoms with Crippen molar-refractivity contribution in [1.29, 1.82) is 0 Å². The summed E-state index contributed by atoms with van der Waals surface area (Å²) < 4.78 is 10.9. The molecule has 2 unspecified atom stereocenters. The minimum atomic E-state index is -1.10. The van der Waals surface area contributed by atoms with Gasteiger partial charge < -0.3 is 19.6 Å². The number of halogens is 3. The van der Waals surface area contributed by atoms with Crippen LogP contribution >= 0.6 is 34.8 Å². The fraction of sp³-hybridized carbons (Fsp3) is 0.421. The molecule has 1 saturated carbocycles. The van der Waals surface area contributed by atoms with E-state index in [-0.39, 0.29) is 35.0 Å². The van der Waals surface area contributed by atoms with Gasteiger partial charge in [-0.1, -0.05) is 23.7 Å². The number of hydrogen-bond acceptors (Lipinski definition) is 4. The van der Waals surface area contributed by atoms with Crippen LogP contribution in [0, 0.1) is 11.8 Å². The topological polar surface area (TPSA) is 71.7 Å². The monoisotopic (exact) mass is 431 g/mol. The molecule has 4 atom stereocenters. The van der Waals surface area contributed by atoms with Crippen LogP contribution in [0.25, 0.3) is 0 Å². The minimum Gasteiger partial charge on any atom is -0.475 e. The van der Waals surface area contributed by atoms with Crippen LogP contribution < -0.4 is 5.32 Å². The van der Waals surface area contributed by atoms with Crippen molar-refractivity contribution in [2.24, 2.45) is 11.8 Å². The number of hydrogen-bond donors (Lipinski definition) is 2. The lowest BCUT2D eigenvalue weighted by Crippen LogP contribution is -2.29. The molecule has 1 aliphatic rings. The van der Waals surface area contributed by atoms with E-state index >= 15 is 0 Å². The highest BCUT2D eigenvalue weighted by Gasteiger charge is 2.41. The Balaban J connectivity index is 1.55. The maximum absolute atomic E-state index is 10.8. The van der Waals surface area contributed by atoms with Gasteiger partial charge in [-0.3, -0.25) is 0 Å². The van der Waals surface area contributed by atoms with E-state index < -0.39 is 5.97 Å². The molecule has 5 nitrogen and oxygen atoms in total. The van der Waals surface area contributed by atoms with Crippen LogP contribution in [0.5, 0.6) is 0 Å². The molecule has 0 aliphatic heterocycles. The smallest absolute Gasteiger partial charge is 0.371 e. The Morgan fingerprint density at radius 1 is 1.19 bits per heavy atom. The highest BCUT2D eigenvalue weighted by molar-refractivity contribution is 6.33. The van der Waals surface area contributed by atoms with Gasteiger partial charge in [0.2, 0.25) is 5.76 Å². The summed E-state index contributed by atoms with van der Waals surface area (Å²) in [6.07, 6.45) is 0.704. The molecular weight excluding hydrogens is 413 g/mol. The molecule has 0 spiro atoms. The molecule has 8 heteroatoms. The Labute approximate surface area is 172 Å². The van der Waals surface area contributed by atoms with Crippen LogP contribution in [0.15, 0.2) is 40.8 Å². The summed E-state index contributed by atoms with van der Waals surface area (Å²) in [5.74, 6) is -0.555. The zero-order valence-electron chi connectivity index (χ0n) is 14.4. The van der Waals surface area contributed by atoms with Gasteiger partial charge in [-0.2, -0.15) is 0 Å². The third-order valence-electron chi connectivity index (χ3n) is 4.76. The first kappa shape index (κ1) is 20.3. The predicted octanol–water partition coefficient (Wildman–Crippen LogP) is 5.11. The summed E-state index contributed by atoms with van der Waals surface area (Å²) in [4.78, 5) is 10.8. The van der Waals surface area contributed by atoms with Crippen molar-refractivity contribution in [3.05, 3.63) is 52.9 Å². The lowest BCUT2D eigenvalue weighted by Gasteiger charge is -2.24. The second-order valence-electron chi connectivity index (χ2n) is 6.54. The fourth-order valence-corrected chi connectivity index (χ4v) is 4.52. The highest BCUT2D eigenvalue weighted by Crippen LogP contribution is 2.40. The number of anilines is 1. The lowest BCUT2D eigenvalue weighted by molar-refractivity contribution is 0.0594. The van der Waals surface area contributed by atoms with Gasteiger partial charge in [0.25, 0.3) is 0 Å². The van der Waals surface area contributed by atoms with Crippen molar-refractivity contribution in [3.63, 3.8) is 0 Å². The van der Waals surface area contributed by atoms with Crippen LogP contribution in [-0.2, 0) is 11.3 Å². The summed E-state index contributed by atoms with van der Waals surface area (Å²) in [6, 6.07) is 10.5. The quantitative estimate of drug-likeness (QED) is 0.567. The molecule has 1 aromatic carbocycles. The molecule has 1 fully saturated rings. The van der Waals surface area contributed by atoms with Crippen LogP contribution in [-0.4, -0.2) is 35.0 Å². The van der Waals surface area contributed by atoms with Crippen molar-refractivity contribution >= 4 is 46.5 Å². The number of aromatic carboxylic acids is 1. The van der Waals surface area contributed by atoms with E-state index in [1.54, 1.807) is 6.07 Å². The molecule has 1 aliphatic carbocycles. The van der Waals surface area contributed by atoms with Crippen LogP contribution in [0.3, 0.4) is 0 Å². The number of alkyl halides is 2. The Kier molecular flexibility index (Phi) is 6.93. The van der Waals surface area contributed by atoms with Gasteiger partial charge in [-0.25, -0.2) is 4.79 Å². The summed E-state index contributed by atoms with van der Waals surface area (Å²) >= 11 is 19.2. The molecule has 1 heterocycles. The summed E-state index contributed by atoms with van der Waals surface area (Å²) in [5.41, 5.74) is 0.859. The molecule has 0 saturated heterocycles. The normalized spacial score (nSPS) is 24.9. The summed E-state index contributed by atoms with van der Waals surface area (Å²) in [5, 5.41) is 12.7. The van der Waals surface area contributed by atoms with Crippen molar-refractivity contribution in [3.8, 4) is 0 Å². The van der Waals surface area contributed by atoms with Gasteiger partial charge in [-0.15, -0.1) is 23.2 Å². The van der Waals surface area contributed by atoms with E-state index in [1.807, 2.05) is 24.3 Å². The Hall–Kier alpha value is -1.40. The molecule has 0 bridgehead atoms. The third-order valence-corrected chi connectivity index (χ3v) is 6.09. The number of benzene rings is 1. The zero-order chi connectivity index (χ0) is 19.4. The van der Waals surface area contributed by atoms with Crippen LogP contribution in [0.1, 0.15) is 22.7 Å². The van der Waals surface area contributed by atoms with Crippen molar-refractivity contribution < 1.29 is 19.1 Å². The summed E-state index contributed by atoms with van der Waals surface area (Å²) in [6.45, 7) is 1.24. The molecule has 3 rings (SSSR count). The zero-order valence-corrected chi connectivity index (χ0v) is 16.7. The third kappa shape index (κ3) is 5.11. The molecule has 0 radical (unpaired) electrons. The lowest BCUT2D eigenvalue weighted by atomic mass is 9.96. The highest BCUT2D eigenvalue weighted by atomic mass is 35.5. The number of carbonyl (C=O) groups is 1. The van der Waals surface area contributed by atoms with E-state index in [2.05, 4.69) is 5.32 Å². The van der Waals surface area contributed by atoms with Gasteiger partial charge in [0.05, 0.1) is 17.3 Å². The maximum atomic E-state index is 10.8. The van der Waals surface area contributed by atoms with E-state index in [1.165, 1.54) is 6.07 Å². The number of carboxylic acids is 1. The SMILES string of the molecule is O=C(O)c1ccc(COC[C@H]2C(Cl)CC(Cl)[C@@H]2CNc2ccccc2Cl)o1. The first-order chi connectivity index (χ1) is 13.0. The number of ether oxygens (including phenoxy) is 1. The molecule has 2 aromatic rings. The first-order valence-corrected chi connectivity index (χ1v) is 9.87. The fourth-order valence-electron chi connectivity index (χ4n) is 3.31. The van der Waals surface area contributed by atoms with Gasteiger partial charge in [0, 0.05) is 23.2 Å². The number of carboxylic acid groups (broad SMARTS) is 1. The molecule has 1 aromatic heterocycles. The first-order valence-electron chi connectivity index (χ1n) is 8.62. The van der Waals surface area contributed by atoms with Crippen LogP contribution in [0.2, 0.25) is 5.02 Å². The van der Waals surface area contributed by atoms with E-state index in [0.29, 0.717) is 30.4 Å². The standard InChI is InChI=1S/C19H20Cl3NO4/c20-14-3-1-2-4-17(14)23-8-12-13(16(22)7-15(12)21)10-26-9-11-5-6-18(27-11)19(24)25/h1-6,12-13,15-16,23H,7-10H2,(H,24,25)/t12-,13-,15?,16?/m1/s1. The van der Waals surface area contributed by atoms with Gasteiger partial charge in [-0.05, 0) is 36.6 Å². The maximum Gasteiger partial charge on any atom is 0.371 e. The van der Waals surface area contributed by atoms with Crippen molar-refractivity contribution in [2.45, 2.75) is 23.8 Å².